The number of rotatable bonds is 5. The maximum absolute atomic E-state index is 12.1. The van der Waals surface area contributed by atoms with Gasteiger partial charge in [0.2, 0.25) is 5.91 Å². The van der Waals surface area contributed by atoms with Gasteiger partial charge in [-0.05, 0) is 57.4 Å². The van der Waals surface area contributed by atoms with E-state index in [9.17, 15) is 9.59 Å². The molecule has 7 heteroatoms. The van der Waals surface area contributed by atoms with E-state index in [1.807, 2.05) is 57.2 Å². The fourth-order valence-corrected chi connectivity index (χ4v) is 3.81. The lowest BCUT2D eigenvalue weighted by Gasteiger charge is -2.19. The fourth-order valence-electron chi connectivity index (χ4n) is 2.97. The first kappa shape index (κ1) is 19.5. The number of thiazole rings is 1. The second-order valence-electron chi connectivity index (χ2n) is 8.27. The van der Waals surface area contributed by atoms with Crippen molar-refractivity contribution in [3.8, 4) is 11.3 Å². The molecule has 2 heterocycles. The molecule has 1 aromatic carbocycles. The number of carbonyl (C=O) groups excluding carboxylic acids is 2. The Morgan fingerprint density at radius 3 is 2.69 bits per heavy atom. The van der Waals surface area contributed by atoms with E-state index >= 15 is 0 Å². The van der Waals surface area contributed by atoms with Crippen molar-refractivity contribution in [2.45, 2.75) is 45.6 Å². The van der Waals surface area contributed by atoms with Crippen LogP contribution in [0.2, 0.25) is 0 Å². The third-order valence-electron chi connectivity index (χ3n) is 4.43. The number of hydrogen-bond acceptors (Lipinski definition) is 6. The summed E-state index contributed by atoms with van der Waals surface area (Å²) in [5.41, 5.74) is 2.85. The molecule has 1 aliphatic carbocycles. The molecule has 4 rings (SSSR count). The number of carbonyl (C=O) groups is 2. The van der Waals surface area contributed by atoms with Crippen LogP contribution in [0.25, 0.3) is 21.6 Å². The lowest BCUT2D eigenvalue weighted by molar-refractivity contribution is -0.153. The number of ether oxygens (including phenoxy) is 1. The van der Waals surface area contributed by atoms with Crippen LogP contribution in [0.1, 0.15) is 39.2 Å². The van der Waals surface area contributed by atoms with Crippen molar-refractivity contribution in [2.24, 2.45) is 5.92 Å². The van der Waals surface area contributed by atoms with E-state index in [2.05, 4.69) is 10.3 Å². The monoisotopic (exact) mass is 409 g/mol. The molecule has 150 valence electrons. The highest BCUT2D eigenvalue weighted by Crippen LogP contribution is 2.32. The summed E-state index contributed by atoms with van der Waals surface area (Å²) in [5, 5.41) is 3.46. The highest BCUT2D eigenvalue weighted by Gasteiger charge is 2.30. The molecular weight excluding hydrogens is 386 g/mol. The van der Waals surface area contributed by atoms with Crippen molar-refractivity contribution in [3.63, 3.8) is 0 Å². The standard InChI is InChI=1S/C22H23N3O3S/c1-22(2,3)28-18(26)12-13-5-4-6-15(11-13)16-9-10-17-20(23-16)29-21(24-17)25-19(27)14-7-8-14/h4-6,9-11,14H,7-8,12H2,1-3H3,(H,24,25,27). The van der Waals surface area contributed by atoms with Gasteiger partial charge < -0.3 is 10.1 Å². The van der Waals surface area contributed by atoms with Gasteiger partial charge in [0.25, 0.3) is 0 Å². The Kier molecular flexibility index (Phi) is 5.08. The average molecular weight is 410 g/mol. The van der Waals surface area contributed by atoms with Gasteiger partial charge in [-0.2, -0.15) is 0 Å². The van der Waals surface area contributed by atoms with Crippen molar-refractivity contribution in [3.05, 3.63) is 42.0 Å². The van der Waals surface area contributed by atoms with Crippen LogP contribution in [0.4, 0.5) is 5.13 Å². The molecule has 0 spiro atoms. The van der Waals surface area contributed by atoms with Crippen LogP contribution in [0.5, 0.6) is 0 Å². The SMILES string of the molecule is CC(C)(C)OC(=O)Cc1cccc(-c2ccc3nc(NC(=O)C4CC4)sc3n2)c1. The number of fused-ring (bicyclic) bond motifs is 1. The van der Waals surface area contributed by atoms with Crippen LogP contribution in [-0.2, 0) is 20.7 Å². The van der Waals surface area contributed by atoms with Gasteiger partial charge in [-0.3, -0.25) is 9.59 Å². The van der Waals surface area contributed by atoms with Gasteiger partial charge in [0, 0.05) is 11.5 Å². The van der Waals surface area contributed by atoms with Gasteiger partial charge in [-0.1, -0.05) is 29.5 Å². The minimum Gasteiger partial charge on any atom is -0.460 e. The second-order valence-corrected chi connectivity index (χ2v) is 9.24. The molecule has 0 aliphatic heterocycles. The molecule has 0 atom stereocenters. The van der Waals surface area contributed by atoms with Crippen LogP contribution in [-0.4, -0.2) is 27.4 Å². The van der Waals surface area contributed by atoms with Crippen molar-refractivity contribution < 1.29 is 14.3 Å². The predicted molar refractivity (Wildman–Crippen MR) is 114 cm³/mol. The van der Waals surface area contributed by atoms with Gasteiger partial charge in [0.1, 0.15) is 15.9 Å². The van der Waals surface area contributed by atoms with Crippen molar-refractivity contribution in [1.82, 2.24) is 9.97 Å². The number of amides is 1. The number of nitrogens with one attached hydrogen (secondary N) is 1. The molecule has 2 aromatic heterocycles. The number of hydrogen-bond donors (Lipinski definition) is 1. The first-order valence-electron chi connectivity index (χ1n) is 9.66. The Hall–Kier alpha value is -2.80. The molecule has 1 saturated carbocycles. The molecule has 1 aliphatic rings. The van der Waals surface area contributed by atoms with Gasteiger partial charge >= 0.3 is 5.97 Å². The Morgan fingerprint density at radius 1 is 1.17 bits per heavy atom. The second kappa shape index (κ2) is 7.55. The molecule has 1 N–H and O–H groups in total. The summed E-state index contributed by atoms with van der Waals surface area (Å²) in [4.78, 5) is 34.0. The maximum atomic E-state index is 12.1. The Balaban J connectivity index is 1.53. The number of benzene rings is 1. The Labute approximate surface area is 173 Å². The zero-order valence-corrected chi connectivity index (χ0v) is 17.5. The molecule has 0 saturated heterocycles. The van der Waals surface area contributed by atoms with Crippen LogP contribution in [0.3, 0.4) is 0 Å². The molecule has 6 nitrogen and oxygen atoms in total. The number of esters is 1. The first-order chi connectivity index (χ1) is 13.8. The molecule has 29 heavy (non-hydrogen) atoms. The average Bonchev–Trinajstić information content (AvgIpc) is 3.40. The van der Waals surface area contributed by atoms with Crippen molar-refractivity contribution >= 4 is 38.7 Å². The number of pyridine rings is 1. The first-order valence-corrected chi connectivity index (χ1v) is 10.5. The largest absolute Gasteiger partial charge is 0.460 e. The van der Waals surface area contributed by atoms with Crippen molar-refractivity contribution in [1.29, 1.82) is 0 Å². The number of nitrogens with zero attached hydrogens (tertiary/aromatic N) is 2. The zero-order chi connectivity index (χ0) is 20.6. The third-order valence-corrected chi connectivity index (χ3v) is 5.31. The minimum absolute atomic E-state index is 0.0409. The topological polar surface area (TPSA) is 81.2 Å². The van der Waals surface area contributed by atoms with Gasteiger partial charge in [0.05, 0.1) is 12.1 Å². The fraction of sp³-hybridized carbons (Fsp3) is 0.364. The van der Waals surface area contributed by atoms with Gasteiger partial charge in [-0.15, -0.1) is 0 Å². The molecule has 3 aromatic rings. The quantitative estimate of drug-likeness (QED) is 0.623. The normalized spacial score (nSPS) is 14.0. The molecule has 0 radical (unpaired) electrons. The maximum Gasteiger partial charge on any atom is 0.310 e. The summed E-state index contributed by atoms with van der Waals surface area (Å²) < 4.78 is 5.40. The predicted octanol–water partition coefficient (Wildman–Crippen LogP) is 4.59. The van der Waals surface area contributed by atoms with Crippen LogP contribution in [0.15, 0.2) is 36.4 Å². The van der Waals surface area contributed by atoms with Crippen LogP contribution < -0.4 is 5.32 Å². The zero-order valence-electron chi connectivity index (χ0n) is 16.7. The van der Waals surface area contributed by atoms with Crippen molar-refractivity contribution in [2.75, 3.05) is 5.32 Å². The van der Waals surface area contributed by atoms with Crippen LogP contribution in [0, 0.1) is 5.92 Å². The van der Waals surface area contributed by atoms with E-state index < -0.39 is 5.60 Å². The molecule has 1 fully saturated rings. The Morgan fingerprint density at radius 2 is 1.97 bits per heavy atom. The van der Waals surface area contributed by atoms with E-state index in [0.717, 1.165) is 40.0 Å². The van der Waals surface area contributed by atoms with E-state index in [0.29, 0.717) is 5.13 Å². The van der Waals surface area contributed by atoms with E-state index in [1.165, 1.54) is 11.3 Å². The lowest BCUT2D eigenvalue weighted by atomic mass is 10.1. The summed E-state index contributed by atoms with van der Waals surface area (Å²) in [6.45, 7) is 5.57. The summed E-state index contributed by atoms with van der Waals surface area (Å²) >= 11 is 1.37. The summed E-state index contributed by atoms with van der Waals surface area (Å²) in [6.07, 6.45) is 2.13. The third kappa shape index (κ3) is 4.98. The smallest absolute Gasteiger partial charge is 0.310 e. The molecule has 1 amide bonds. The van der Waals surface area contributed by atoms with E-state index in [1.54, 1.807) is 0 Å². The lowest BCUT2D eigenvalue weighted by Crippen LogP contribution is -2.24. The number of anilines is 1. The van der Waals surface area contributed by atoms with Gasteiger partial charge in [-0.25, -0.2) is 9.97 Å². The molecular formula is C22H23N3O3S. The van der Waals surface area contributed by atoms with E-state index in [4.69, 9.17) is 9.72 Å². The summed E-state index contributed by atoms with van der Waals surface area (Å²) in [5.74, 6) is -0.0751. The minimum atomic E-state index is -0.500. The summed E-state index contributed by atoms with van der Waals surface area (Å²) in [7, 11) is 0. The Bertz CT molecular complexity index is 1080. The molecule has 0 unspecified atom stereocenters. The highest BCUT2D eigenvalue weighted by molar-refractivity contribution is 7.22. The molecule has 0 bridgehead atoms. The van der Waals surface area contributed by atoms with Crippen LogP contribution >= 0.6 is 11.3 Å². The van der Waals surface area contributed by atoms with Gasteiger partial charge in [0.15, 0.2) is 5.13 Å². The number of aromatic nitrogens is 2. The van der Waals surface area contributed by atoms with E-state index in [-0.39, 0.29) is 24.2 Å². The highest BCUT2D eigenvalue weighted by atomic mass is 32.1. The summed E-state index contributed by atoms with van der Waals surface area (Å²) in [6, 6.07) is 11.5.